The minimum Gasteiger partial charge on any atom is -0.326 e. The number of hydrogen-bond donors (Lipinski definition) is 1. The van der Waals surface area contributed by atoms with E-state index in [0.717, 1.165) is 16.8 Å². The normalized spacial score (nSPS) is 10.7. The number of nitrogens with zero attached hydrogens (tertiary/aromatic N) is 4. The molecular formula is C14H12ClN5. The minimum atomic E-state index is 0.516. The van der Waals surface area contributed by atoms with Gasteiger partial charge >= 0.3 is 0 Å². The molecule has 0 aliphatic carbocycles. The molecule has 0 bridgehead atoms. The molecule has 0 unspecified atom stereocenters. The number of aromatic nitrogens is 4. The Morgan fingerprint density at radius 3 is 2.35 bits per heavy atom. The third-order valence-electron chi connectivity index (χ3n) is 2.99. The fraction of sp³-hybridized carbons (Fsp3) is 0.0714. The topological polar surface area (TPSA) is 69.6 Å². The minimum absolute atomic E-state index is 0.516. The number of nitrogens with two attached hydrogens (primary N) is 1. The van der Waals surface area contributed by atoms with E-state index in [-0.39, 0.29) is 0 Å². The molecule has 3 rings (SSSR count). The summed E-state index contributed by atoms with van der Waals surface area (Å²) >= 11 is 5.89. The summed E-state index contributed by atoms with van der Waals surface area (Å²) in [6, 6.07) is 15.2. The molecule has 0 amide bonds. The van der Waals surface area contributed by atoms with Crippen molar-refractivity contribution in [2.24, 2.45) is 5.73 Å². The summed E-state index contributed by atoms with van der Waals surface area (Å²) in [5.74, 6) is 0.677. The van der Waals surface area contributed by atoms with Crippen LogP contribution in [0.4, 0.5) is 0 Å². The molecule has 6 heteroatoms. The first-order valence-electron chi connectivity index (χ1n) is 6.11. The van der Waals surface area contributed by atoms with Gasteiger partial charge in [-0.25, -0.2) is 0 Å². The van der Waals surface area contributed by atoms with Crippen molar-refractivity contribution in [2.45, 2.75) is 6.54 Å². The predicted molar refractivity (Wildman–Crippen MR) is 77.5 cm³/mol. The molecule has 0 spiro atoms. The maximum absolute atomic E-state index is 5.89. The van der Waals surface area contributed by atoms with Crippen molar-refractivity contribution >= 4 is 11.6 Å². The van der Waals surface area contributed by atoms with Crippen molar-refractivity contribution in [3.05, 3.63) is 59.1 Å². The lowest BCUT2D eigenvalue weighted by molar-refractivity contribution is 0.791. The Hall–Kier alpha value is -2.24. The molecule has 0 aliphatic heterocycles. The highest BCUT2D eigenvalue weighted by Crippen LogP contribution is 2.20. The Morgan fingerprint density at radius 2 is 1.70 bits per heavy atom. The Balaban J connectivity index is 2.02. The van der Waals surface area contributed by atoms with E-state index in [1.54, 1.807) is 16.8 Å². The highest BCUT2D eigenvalue weighted by molar-refractivity contribution is 6.30. The van der Waals surface area contributed by atoms with Gasteiger partial charge in [-0.2, -0.15) is 4.68 Å². The van der Waals surface area contributed by atoms with Crippen LogP contribution in [0, 0.1) is 0 Å². The summed E-state index contributed by atoms with van der Waals surface area (Å²) in [6.45, 7) is 0.516. The van der Waals surface area contributed by atoms with E-state index in [4.69, 9.17) is 17.3 Å². The molecule has 2 aromatic carbocycles. The van der Waals surface area contributed by atoms with Gasteiger partial charge in [0.05, 0.1) is 5.69 Å². The molecule has 1 heterocycles. The summed E-state index contributed by atoms with van der Waals surface area (Å²) in [4.78, 5) is 0. The van der Waals surface area contributed by atoms with E-state index in [2.05, 4.69) is 15.5 Å². The van der Waals surface area contributed by atoms with Crippen LogP contribution in [0.2, 0.25) is 5.02 Å². The smallest absolute Gasteiger partial charge is 0.187 e. The first-order chi connectivity index (χ1) is 9.78. The van der Waals surface area contributed by atoms with Crippen molar-refractivity contribution in [3.63, 3.8) is 0 Å². The zero-order valence-corrected chi connectivity index (χ0v) is 11.3. The molecule has 0 aliphatic rings. The Labute approximate surface area is 121 Å². The van der Waals surface area contributed by atoms with E-state index in [0.29, 0.717) is 17.4 Å². The van der Waals surface area contributed by atoms with E-state index in [1.807, 2.05) is 36.4 Å². The maximum atomic E-state index is 5.89. The zero-order valence-electron chi connectivity index (χ0n) is 10.6. The first-order valence-corrected chi connectivity index (χ1v) is 6.49. The van der Waals surface area contributed by atoms with E-state index in [9.17, 15) is 0 Å². The van der Waals surface area contributed by atoms with Gasteiger partial charge in [-0.05, 0) is 40.3 Å². The highest BCUT2D eigenvalue weighted by Gasteiger charge is 2.10. The first kappa shape index (κ1) is 12.8. The van der Waals surface area contributed by atoms with Gasteiger partial charge in [0.2, 0.25) is 0 Å². The molecule has 3 aromatic rings. The van der Waals surface area contributed by atoms with Crippen LogP contribution >= 0.6 is 11.6 Å². The van der Waals surface area contributed by atoms with Crippen LogP contribution in [0.3, 0.4) is 0 Å². The second kappa shape index (κ2) is 5.40. The zero-order chi connectivity index (χ0) is 13.9. The lowest BCUT2D eigenvalue weighted by Crippen LogP contribution is -2.00. The van der Waals surface area contributed by atoms with Crippen LogP contribution in [0.1, 0.15) is 5.56 Å². The highest BCUT2D eigenvalue weighted by atomic mass is 35.5. The van der Waals surface area contributed by atoms with Crippen LogP contribution in [0.5, 0.6) is 0 Å². The average Bonchev–Trinajstić information content (AvgIpc) is 2.97. The Morgan fingerprint density at radius 1 is 1.00 bits per heavy atom. The van der Waals surface area contributed by atoms with Crippen molar-refractivity contribution in [3.8, 4) is 17.1 Å². The van der Waals surface area contributed by atoms with Gasteiger partial charge in [0.15, 0.2) is 5.82 Å². The number of rotatable bonds is 3. The molecule has 5 nitrogen and oxygen atoms in total. The van der Waals surface area contributed by atoms with Crippen LogP contribution in [0.15, 0.2) is 48.5 Å². The van der Waals surface area contributed by atoms with E-state index in [1.165, 1.54) is 0 Å². The molecular weight excluding hydrogens is 274 g/mol. The van der Waals surface area contributed by atoms with Crippen LogP contribution < -0.4 is 5.73 Å². The number of hydrogen-bond acceptors (Lipinski definition) is 4. The van der Waals surface area contributed by atoms with Crippen LogP contribution in [-0.4, -0.2) is 20.2 Å². The van der Waals surface area contributed by atoms with Gasteiger partial charge in [-0.15, -0.1) is 5.10 Å². The average molecular weight is 286 g/mol. The molecule has 0 saturated carbocycles. The van der Waals surface area contributed by atoms with E-state index >= 15 is 0 Å². The molecule has 0 atom stereocenters. The Bertz CT molecular complexity index is 703. The summed E-state index contributed by atoms with van der Waals surface area (Å²) in [7, 11) is 0. The largest absolute Gasteiger partial charge is 0.326 e. The van der Waals surface area contributed by atoms with Crippen molar-refractivity contribution in [1.82, 2.24) is 20.2 Å². The van der Waals surface area contributed by atoms with Crippen LogP contribution in [-0.2, 0) is 6.54 Å². The maximum Gasteiger partial charge on any atom is 0.187 e. The third kappa shape index (κ3) is 2.41. The SMILES string of the molecule is NCc1ccc(-c2nnnn2-c2ccc(Cl)cc2)cc1. The summed E-state index contributed by atoms with van der Waals surface area (Å²) in [6.07, 6.45) is 0. The molecule has 100 valence electrons. The molecule has 0 saturated heterocycles. The number of benzene rings is 2. The molecule has 0 radical (unpaired) electrons. The van der Waals surface area contributed by atoms with E-state index < -0.39 is 0 Å². The number of halogens is 1. The van der Waals surface area contributed by atoms with Gasteiger partial charge in [0, 0.05) is 17.1 Å². The Kier molecular flexibility index (Phi) is 3.45. The fourth-order valence-electron chi connectivity index (χ4n) is 1.91. The fourth-order valence-corrected chi connectivity index (χ4v) is 2.04. The number of tetrazole rings is 1. The molecule has 20 heavy (non-hydrogen) atoms. The lowest BCUT2D eigenvalue weighted by Gasteiger charge is -2.05. The standard InChI is InChI=1S/C14H12ClN5/c15-12-5-7-13(8-6-12)20-14(17-18-19-20)11-3-1-10(9-16)2-4-11/h1-8H,9,16H2. The van der Waals surface area contributed by atoms with Crippen molar-refractivity contribution in [2.75, 3.05) is 0 Å². The molecule has 0 fully saturated rings. The van der Waals surface area contributed by atoms with Gasteiger partial charge < -0.3 is 5.73 Å². The molecule has 2 N–H and O–H groups in total. The summed E-state index contributed by atoms with van der Waals surface area (Å²) in [5.41, 5.74) is 8.46. The van der Waals surface area contributed by atoms with Gasteiger partial charge in [0.1, 0.15) is 0 Å². The quantitative estimate of drug-likeness (QED) is 0.802. The third-order valence-corrected chi connectivity index (χ3v) is 3.24. The second-order valence-electron chi connectivity index (χ2n) is 4.29. The van der Waals surface area contributed by atoms with Crippen molar-refractivity contribution < 1.29 is 0 Å². The van der Waals surface area contributed by atoms with Gasteiger partial charge in [0.25, 0.3) is 0 Å². The lowest BCUT2D eigenvalue weighted by atomic mass is 10.1. The monoisotopic (exact) mass is 285 g/mol. The van der Waals surface area contributed by atoms with Crippen LogP contribution in [0.25, 0.3) is 17.1 Å². The summed E-state index contributed by atoms with van der Waals surface area (Å²) < 4.78 is 1.67. The van der Waals surface area contributed by atoms with Gasteiger partial charge in [-0.1, -0.05) is 35.9 Å². The van der Waals surface area contributed by atoms with Crippen molar-refractivity contribution in [1.29, 1.82) is 0 Å². The second-order valence-corrected chi connectivity index (χ2v) is 4.73. The summed E-state index contributed by atoms with van der Waals surface area (Å²) in [5, 5.41) is 12.5. The van der Waals surface area contributed by atoms with Gasteiger partial charge in [-0.3, -0.25) is 0 Å². The predicted octanol–water partition coefficient (Wildman–Crippen LogP) is 2.44. The molecule has 1 aromatic heterocycles.